The lowest BCUT2D eigenvalue weighted by Crippen LogP contribution is -2.43. The number of aliphatic hydroxyl groups is 1. The molecule has 0 spiro atoms. The SMILES string of the molecule is C=C/C=C1/CCN(Cc2cc3c(cc2Cl)OCO3)C(C(O)c2ccnc3ccc(OC)cc23)C1.CC. The zero-order valence-corrected chi connectivity index (χ0v) is 21.8. The van der Waals surface area contributed by atoms with Gasteiger partial charge >= 0.3 is 0 Å². The van der Waals surface area contributed by atoms with Gasteiger partial charge in [-0.3, -0.25) is 9.88 Å². The standard InChI is InChI=1S/C27H27ClN2O4.C2H6/c1-3-4-17-8-10-30(15-18-12-25-26(14-22(18)28)34-16-33-25)24(11-17)27(31)20-7-9-29-23-6-5-19(32-2)13-21(20)23;1-2/h3-7,9,12-14,24,27,31H,1,8,10-11,15-16H2,2H3;1-2H3/b17-4-;. The largest absolute Gasteiger partial charge is 0.497 e. The lowest BCUT2D eigenvalue weighted by atomic mass is 9.88. The number of allylic oxidation sites excluding steroid dienone is 2. The number of pyridine rings is 1. The van der Waals surface area contributed by atoms with Crippen molar-refractivity contribution in [2.24, 2.45) is 0 Å². The molecule has 2 unspecified atom stereocenters. The number of methoxy groups -OCH3 is 1. The molecule has 1 saturated heterocycles. The number of likely N-dealkylation sites (tertiary alicyclic amines) is 1. The van der Waals surface area contributed by atoms with E-state index in [1.807, 2.05) is 50.3 Å². The van der Waals surface area contributed by atoms with Gasteiger partial charge in [-0.1, -0.05) is 49.8 Å². The van der Waals surface area contributed by atoms with Gasteiger partial charge in [0.1, 0.15) is 5.75 Å². The summed E-state index contributed by atoms with van der Waals surface area (Å²) in [7, 11) is 1.64. The molecule has 0 saturated carbocycles. The highest BCUT2D eigenvalue weighted by Crippen LogP contribution is 2.40. The molecule has 2 aromatic carbocycles. The highest BCUT2D eigenvalue weighted by molar-refractivity contribution is 6.31. The molecule has 0 bridgehead atoms. The lowest BCUT2D eigenvalue weighted by Gasteiger charge is -2.40. The van der Waals surface area contributed by atoms with Gasteiger partial charge in [-0.15, -0.1) is 0 Å². The summed E-state index contributed by atoms with van der Waals surface area (Å²) in [5.41, 5.74) is 3.86. The Hall–Kier alpha value is -3.06. The van der Waals surface area contributed by atoms with Crippen LogP contribution in [0.4, 0.5) is 0 Å². The van der Waals surface area contributed by atoms with Crippen LogP contribution in [-0.2, 0) is 6.54 Å². The zero-order valence-electron chi connectivity index (χ0n) is 21.0. The Kier molecular flexibility index (Phi) is 8.52. The summed E-state index contributed by atoms with van der Waals surface area (Å²) < 4.78 is 16.4. The molecular weight excluding hydrogens is 476 g/mol. The molecule has 3 aromatic rings. The van der Waals surface area contributed by atoms with Gasteiger partial charge in [0.25, 0.3) is 0 Å². The van der Waals surface area contributed by atoms with Crippen LogP contribution in [0.5, 0.6) is 17.2 Å². The van der Waals surface area contributed by atoms with Crippen molar-refractivity contribution in [3.8, 4) is 17.2 Å². The summed E-state index contributed by atoms with van der Waals surface area (Å²) in [6.45, 7) is 9.44. The minimum absolute atomic E-state index is 0.154. The second-order valence-corrected chi connectivity index (χ2v) is 8.98. The first kappa shape index (κ1) is 26.0. The van der Waals surface area contributed by atoms with Crippen molar-refractivity contribution >= 4 is 22.5 Å². The quantitative estimate of drug-likeness (QED) is 0.412. The lowest BCUT2D eigenvalue weighted by molar-refractivity contribution is 0.0336. The Balaban J connectivity index is 0.00000148. The number of rotatable bonds is 6. The minimum Gasteiger partial charge on any atom is -0.497 e. The normalized spacial score (nSPS) is 19.0. The summed E-state index contributed by atoms with van der Waals surface area (Å²) in [4.78, 5) is 6.77. The van der Waals surface area contributed by atoms with E-state index in [1.54, 1.807) is 19.4 Å². The highest BCUT2D eigenvalue weighted by atomic mass is 35.5. The van der Waals surface area contributed by atoms with E-state index < -0.39 is 6.10 Å². The molecule has 3 heterocycles. The van der Waals surface area contributed by atoms with Crippen LogP contribution in [0.1, 0.15) is 43.9 Å². The first-order valence-corrected chi connectivity index (χ1v) is 12.7. The zero-order chi connectivity index (χ0) is 25.7. The van der Waals surface area contributed by atoms with Crippen LogP contribution in [0.3, 0.4) is 0 Å². The van der Waals surface area contributed by atoms with Gasteiger partial charge in [-0.2, -0.15) is 0 Å². The maximum atomic E-state index is 11.7. The van der Waals surface area contributed by atoms with Crippen LogP contribution in [0, 0.1) is 0 Å². The molecule has 6 nitrogen and oxygen atoms in total. The summed E-state index contributed by atoms with van der Waals surface area (Å²) in [6, 6.07) is 11.2. The van der Waals surface area contributed by atoms with Crippen molar-refractivity contribution in [3.05, 3.63) is 83.0 Å². The number of aliphatic hydroxyl groups excluding tert-OH is 1. The van der Waals surface area contributed by atoms with E-state index >= 15 is 0 Å². The highest BCUT2D eigenvalue weighted by Gasteiger charge is 2.33. The van der Waals surface area contributed by atoms with E-state index in [0.717, 1.165) is 47.2 Å². The second kappa shape index (κ2) is 11.8. The number of fused-ring (bicyclic) bond motifs is 2. The van der Waals surface area contributed by atoms with Crippen molar-refractivity contribution < 1.29 is 19.3 Å². The van der Waals surface area contributed by atoms with Gasteiger partial charge in [0.2, 0.25) is 6.79 Å². The summed E-state index contributed by atoms with van der Waals surface area (Å²) in [6.07, 6.45) is 6.51. The number of halogens is 1. The number of benzene rings is 2. The van der Waals surface area contributed by atoms with Crippen molar-refractivity contribution in [2.75, 3.05) is 20.4 Å². The van der Waals surface area contributed by atoms with Crippen molar-refractivity contribution in [1.29, 1.82) is 0 Å². The molecule has 5 rings (SSSR count). The van der Waals surface area contributed by atoms with Crippen LogP contribution >= 0.6 is 11.6 Å². The summed E-state index contributed by atoms with van der Waals surface area (Å²) in [5.74, 6) is 2.10. The van der Waals surface area contributed by atoms with Gasteiger partial charge in [0.15, 0.2) is 11.5 Å². The topological polar surface area (TPSA) is 64.1 Å². The van der Waals surface area contributed by atoms with E-state index in [4.69, 9.17) is 25.8 Å². The number of nitrogens with zero attached hydrogens (tertiary/aromatic N) is 2. The number of ether oxygens (including phenoxy) is 3. The van der Waals surface area contributed by atoms with E-state index in [-0.39, 0.29) is 12.8 Å². The number of hydrogen-bond donors (Lipinski definition) is 1. The Morgan fingerprint density at radius 1 is 1.22 bits per heavy atom. The fourth-order valence-electron chi connectivity index (χ4n) is 4.82. The molecule has 36 heavy (non-hydrogen) atoms. The molecule has 7 heteroatoms. The smallest absolute Gasteiger partial charge is 0.231 e. The van der Waals surface area contributed by atoms with Gasteiger partial charge in [-0.25, -0.2) is 0 Å². The van der Waals surface area contributed by atoms with Gasteiger partial charge in [0.05, 0.1) is 18.7 Å². The molecule has 190 valence electrons. The third-order valence-electron chi connectivity index (χ3n) is 6.59. The molecule has 2 aliphatic heterocycles. The number of aromatic nitrogens is 1. The molecule has 1 aromatic heterocycles. The molecule has 0 aliphatic carbocycles. The van der Waals surface area contributed by atoms with E-state index in [2.05, 4.69) is 22.5 Å². The van der Waals surface area contributed by atoms with Crippen LogP contribution in [0.25, 0.3) is 10.9 Å². The first-order chi connectivity index (χ1) is 17.6. The average Bonchev–Trinajstić information content (AvgIpc) is 3.37. The number of piperidine rings is 1. The fourth-order valence-corrected chi connectivity index (χ4v) is 5.03. The fraction of sp³-hybridized carbons (Fsp3) is 0.345. The first-order valence-electron chi connectivity index (χ1n) is 12.3. The third-order valence-corrected chi connectivity index (χ3v) is 6.95. The molecule has 2 aliphatic rings. The maximum Gasteiger partial charge on any atom is 0.231 e. The molecular formula is C29H33ClN2O4. The van der Waals surface area contributed by atoms with Gasteiger partial charge in [-0.05, 0) is 54.3 Å². The second-order valence-electron chi connectivity index (χ2n) is 8.58. The third kappa shape index (κ3) is 5.36. The minimum atomic E-state index is -0.737. The van der Waals surface area contributed by atoms with E-state index in [1.165, 1.54) is 5.57 Å². The summed E-state index contributed by atoms with van der Waals surface area (Å²) in [5, 5.41) is 13.2. The predicted molar refractivity (Wildman–Crippen MR) is 144 cm³/mol. The van der Waals surface area contributed by atoms with Crippen LogP contribution < -0.4 is 14.2 Å². The number of hydrogen-bond acceptors (Lipinski definition) is 6. The Bertz CT molecular complexity index is 1260. The molecule has 1 fully saturated rings. The van der Waals surface area contributed by atoms with Crippen LogP contribution in [0.2, 0.25) is 5.02 Å². The Labute approximate surface area is 217 Å². The van der Waals surface area contributed by atoms with Gasteiger partial charge in [0, 0.05) is 41.8 Å². The van der Waals surface area contributed by atoms with Crippen molar-refractivity contribution in [2.45, 2.75) is 45.4 Å². The molecule has 2 atom stereocenters. The van der Waals surface area contributed by atoms with Crippen LogP contribution in [-0.4, -0.2) is 41.5 Å². The molecule has 0 amide bonds. The average molecular weight is 509 g/mol. The Morgan fingerprint density at radius 3 is 2.75 bits per heavy atom. The molecule has 0 radical (unpaired) electrons. The van der Waals surface area contributed by atoms with E-state index in [9.17, 15) is 5.11 Å². The van der Waals surface area contributed by atoms with Crippen molar-refractivity contribution in [3.63, 3.8) is 0 Å². The summed E-state index contributed by atoms with van der Waals surface area (Å²) >= 11 is 6.59. The molecule has 1 N–H and O–H groups in total. The van der Waals surface area contributed by atoms with Gasteiger partial charge < -0.3 is 19.3 Å². The monoisotopic (exact) mass is 508 g/mol. The van der Waals surface area contributed by atoms with Crippen molar-refractivity contribution in [1.82, 2.24) is 9.88 Å². The maximum absolute atomic E-state index is 11.7. The van der Waals surface area contributed by atoms with Crippen LogP contribution in [0.15, 0.2) is 66.9 Å². The predicted octanol–water partition coefficient (Wildman–Crippen LogP) is 6.46. The Morgan fingerprint density at radius 2 is 2.00 bits per heavy atom. The van der Waals surface area contributed by atoms with E-state index in [0.29, 0.717) is 23.1 Å².